The van der Waals surface area contributed by atoms with Crippen molar-refractivity contribution in [2.45, 2.75) is 19.1 Å². The summed E-state index contributed by atoms with van der Waals surface area (Å²) < 4.78 is 5.50. The molecule has 1 aromatic heterocycles. The van der Waals surface area contributed by atoms with Crippen molar-refractivity contribution in [3.8, 4) is 5.75 Å². The Kier molecular flexibility index (Phi) is 5.53. The monoisotopic (exact) mass is 272 g/mol. The van der Waals surface area contributed by atoms with Crippen LogP contribution in [0.2, 0.25) is 0 Å². The van der Waals surface area contributed by atoms with Gasteiger partial charge >= 0.3 is 0 Å². The molecular weight excluding hydrogens is 252 g/mol. The van der Waals surface area contributed by atoms with Crippen LogP contribution in [0.15, 0.2) is 54.7 Å². The number of aliphatic hydroxyl groups is 1. The molecule has 4 nitrogen and oxygen atoms in total. The second kappa shape index (κ2) is 7.62. The molecule has 0 aliphatic rings. The molecule has 0 radical (unpaired) electrons. The quantitative estimate of drug-likeness (QED) is 0.811. The molecule has 2 atom stereocenters. The molecule has 1 aromatic carbocycles. The topological polar surface area (TPSA) is 54.4 Å². The first kappa shape index (κ1) is 14.5. The maximum atomic E-state index is 9.90. The average Bonchev–Trinajstić information content (AvgIpc) is 2.52. The van der Waals surface area contributed by atoms with Gasteiger partial charge in [-0.1, -0.05) is 24.3 Å². The number of para-hydroxylation sites is 1. The van der Waals surface area contributed by atoms with Gasteiger partial charge in [0.05, 0.1) is 5.69 Å². The highest BCUT2D eigenvalue weighted by Crippen LogP contribution is 2.09. The molecule has 2 N–H and O–H groups in total. The minimum Gasteiger partial charge on any atom is -0.491 e. The van der Waals surface area contributed by atoms with Gasteiger partial charge in [-0.2, -0.15) is 0 Å². The van der Waals surface area contributed by atoms with E-state index in [0.29, 0.717) is 6.54 Å². The molecule has 0 saturated heterocycles. The van der Waals surface area contributed by atoms with E-state index in [-0.39, 0.29) is 12.6 Å². The molecule has 0 spiro atoms. The van der Waals surface area contributed by atoms with Gasteiger partial charge in [-0.05, 0) is 31.2 Å². The first-order valence-corrected chi connectivity index (χ1v) is 6.76. The van der Waals surface area contributed by atoms with Gasteiger partial charge in [0.1, 0.15) is 18.5 Å². The summed E-state index contributed by atoms with van der Waals surface area (Å²) in [6.07, 6.45) is 1.21. The van der Waals surface area contributed by atoms with Crippen LogP contribution in [0.3, 0.4) is 0 Å². The molecule has 2 rings (SSSR count). The maximum absolute atomic E-state index is 9.90. The van der Waals surface area contributed by atoms with E-state index in [2.05, 4.69) is 10.3 Å². The van der Waals surface area contributed by atoms with Gasteiger partial charge in [0.15, 0.2) is 0 Å². The molecule has 0 aliphatic carbocycles. The highest BCUT2D eigenvalue weighted by atomic mass is 16.5. The van der Waals surface area contributed by atoms with Crippen LogP contribution in [0.1, 0.15) is 18.7 Å². The lowest BCUT2D eigenvalue weighted by Gasteiger charge is -2.17. The number of hydrogen-bond donors (Lipinski definition) is 2. The smallest absolute Gasteiger partial charge is 0.119 e. The standard InChI is InChI=1S/C16H20N2O2/c1-13(16-9-5-6-10-17-16)18-11-14(19)12-20-15-7-3-2-4-8-15/h2-10,13-14,18-19H,11-12H2,1H3/t13-,14?/m0/s1. The molecule has 106 valence electrons. The summed E-state index contributed by atoms with van der Waals surface area (Å²) in [6.45, 7) is 2.75. The Morgan fingerprint density at radius 2 is 1.90 bits per heavy atom. The summed E-state index contributed by atoms with van der Waals surface area (Å²) in [4.78, 5) is 4.27. The van der Waals surface area contributed by atoms with Crippen molar-refractivity contribution in [3.63, 3.8) is 0 Å². The fourth-order valence-electron chi connectivity index (χ4n) is 1.82. The highest BCUT2D eigenvalue weighted by molar-refractivity contribution is 5.20. The third-order valence-corrected chi connectivity index (χ3v) is 2.98. The Labute approximate surface area is 119 Å². The predicted octanol–water partition coefficient (Wildman–Crippen LogP) is 2.17. The fraction of sp³-hybridized carbons (Fsp3) is 0.312. The summed E-state index contributed by atoms with van der Waals surface area (Å²) in [5, 5.41) is 13.1. The van der Waals surface area contributed by atoms with Crippen LogP contribution in [-0.4, -0.2) is 29.3 Å². The molecule has 4 heteroatoms. The van der Waals surface area contributed by atoms with Gasteiger partial charge in [0.25, 0.3) is 0 Å². The van der Waals surface area contributed by atoms with Crippen molar-refractivity contribution >= 4 is 0 Å². The number of rotatable bonds is 7. The van der Waals surface area contributed by atoms with Crippen LogP contribution in [0.4, 0.5) is 0 Å². The summed E-state index contributed by atoms with van der Waals surface area (Å²) in [6, 6.07) is 15.4. The third-order valence-electron chi connectivity index (χ3n) is 2.98. The summed E-state index contributed by atoms with van der Waals surface area (Å²) in [5.74, 6) is 0.768. The first-order valence-electron chi connectivity index (χ1n) is 6.76. The molecule has 0 fully saturated rings. The number of nitrogens with one attached hydrogen (secondary N) is 1. The predicted molar refractivity (Wildman–Crippen MR) is 78.6 cm³/mol. The minimum absolute atomic E-state index is 0.0996. The molecular formula is C16H20N2O2. The number of aromatic nitrogens is 1. The van der Waals surface area contributed by atoms with Gasteiger partial charge < -0.3 is 15.2 Å². The van der Waals surface area contributed by atoms with Crippen molar-refractivity contribution in [1.82, 2.24) is 10.3 Å². The molecule has 0 bridgehead atoms. The van der Waals surface area contributed by atoms with Gasteiger partial charge in [0.2, 0.25) is 0 Å². The largest absolute Gasteiger partial charge is 0.491 e. The molecule has 1 heterocycles. The van der Waals surface area contributed by atoms with Gasteiger partial charge in [0, 0.05) is 18.8 Å². The van der Waals surface area contributed by atoms with E-state index < -0.39 is 6.10 Å². The SMILES string of the molecule is C[C@H](NCC(O)COc1ccccc1)c1ccccn1. The first-order chi connectivity index (χ1) is 9.75. The van der Waals surface area contributed by atoms with Crippen molar-refractivity contribution in [1.29, 1.82) is 0 Å². The Hall–Kier alpha value is -1.91. The molecule has 2 aromatic rings. The van der Waals surface area contributed by atoms with Crippen LogP contribution in [0.25, 0.3) is 0 Å². The number of ether oxygens (including phenoxy) is 1. The number of nitrogens with zero attached hydrogens (tertiary/aromatic N) is 1. The second-order valence-corrected chi connectivity index (χ2v) is 4.66. The van der Waals surface area contributed by atoms with Crippen molar-refractivity contribution in [2.75, 3.05) is 13.2 Å². The summed E-state index contributed by atoms with van der Waals surface area (Å²) >= 11 is 0. The zero-order valence-corrected chi connectivity index (χ0v) is 11.6. The van der Waals surface area contributed by atoms with Crippen LogP contribution < -0.4 is 10.1 Å². The van der Waals surface area contributed by atoms with E-state index in [1.54, 1.807) is 6.20 Å². The second-order valence-electron chi connectivity index (χ2n) is 4.66. The van der Waals surface area contributed by atoms with Crippen LogP contribution in [-0.2, 0) is 0 Å². The van der Waals surface area contributed by atoms with Crippen molar-refractivity contribution < 1.29 is 9.84 Å². The van der Waals surface area contributed by atoms with Crippen molar-refractivity contribution in [2.24, 2.45) is 0 Å². The number of hydrogen-bond acceptors (Lipinski definition) is 4. The van der Waals surface area contributed by atoms with E-state index in [0.717, 1.165) is 11.4 Å². The van der Waals surface area contributed by atoms with E-state index >= 15 is 0 Å². The number of aliphatic hydroxyl groups excluding tert-OH is 1. The maximum Gasteiger partial charge on any atom is 0.119 e. The minimum atomic E-state index is -0.554. The van der Waals surface area contributed by atoms with Crippen LogP contribution in [0, 0.1) is 0 Å². The van der Waals surface area contributed by atoms with E-state index in [1.807, 2.05) is 55.5 Å². The Bertz CT molecular complexity index is 490. The zero-order chi connectivity index (χ0) is 14.2. The average molecular weight is 272 g/mol. The van der Waals surface area contributed by atoms with Crippen LogP contribution in [0.5, 0.6) is 5.75 Å². The summed E-state index contributed by atoms with van der Waals surface area (Å²) in [7, 11) is 0. The lowest BCUT2D eigenvalue weighted by molar-refractivity contribution is 0.104. The van der Waals surface area contributed by atoms with Crippen molar-refractivity contribution in [3.05, 3.63) is 60.4 Å². The van der Waals surface area contributed by atoms with E-state index in [1.165, 1.54) is 0 Å². The van der Waals surface area contributed by atoms with Crippen LogP contribution >= 0.6 is 0 Å². The molecule has 20 heavy (non-hydrogen) atoms. The van der Waals surface area contributed by atoms with Gasteiger partial charge in [-0.3, -0.25) is 4.98 Å². The Morgan fingerprint density at radius 3 is 2.60 bits per heavy atom. The zero-order valence-electron chi connectivity index (χ0n) is 11.6. The molecule has 0 saturated carbocycles. The number of benzene rings is 1. The molecule has 0 amide bonds. The van der Waals surface area contributed by atoms with E-state index in [9.17, 15) is 5.11 Å². The van der Waals surface area contributed by atoms with E-state index in [4.69, 9.17) is 4.74 Å². The lowest BCUT2D eigenvalue weighted by Crippen LogP contribution is -2.33. The lowest BCUT2D eigenvalue weighted by atomic mass is 10.2. The fourth-order valence-corrected chi connectivity index (χ4v) is 1.82. The van der Waals surface area contributed by atoms with Gasteiger partial charge in [-0.15, -0.1) is 0 Å². The Balaban J connectivity index is 1.71. The summed E-state index contributed by atoms with van der Waals surface area (Å²) in [5.41, 5.74) is 0.962. The molecule has 1 unspecified atom stereocenters. The molecule has 0 aliphatic heterocycles. The third kappa shape index (κ3) is 4.64. The Morgan fingerprint density at radius 1 is 1.15 bits per heavy atom. The highest BCUT2D eigenvalue weighted by Gasteiger charge is 2.10. The van der Waals surface area contributed by atoms with Gasteiger partial charge in [-0.25, -0.2) is 0 Å². The normalized spacial score (nSPS) is 13.7. The number of pyridine rings is 1.